The molecule has 0 atom stereocenters. The van der Waals surface area contributed by atoms with Crippen LogP contribution < -0.4 is 20.9 Å². The van der Waals surface area contributed by atoms with Crippen LogP contribution in [0.3, 0.4) is 0 Å². The molecule has 2 aromatic carbocycles. The minimum absolute atomic E-state index is 0. The van der Waals surface area contributed by atoms with E-state index >= 15 is 0 Å². The van der Waals surface area contributed by atoms with Crippen molar-refractivity contribution in [3.8, 4) is 0 Å². The quantitative estimate of drug-likeness (QED) is 0.756. The zero-order valence-corrected chi connectivity index (χ0v) is 17.3. The molecule has 2 heterocycles. The van der Waals surface area contributed by atoms with Crippen LogP contribution in [0.1, 0.15) is 11.1 Å². The molecular weight excluding hydrogens is 409 g/mol. The van der Waals surface area contributed by atoms with Gasteiger partial charge in [0.2, 0.25) is 5.91 Å². The van der Waals surface area contributed by atoms with Crippen molar-refractivity contribution in [1.82, 2.24) is 10.2 Å². The van der Waals surface area contributed by atoms with Gasteiger partial charge >= 0.3 is 6.03 Å². The van der Waals surface area contributed by atoms with Crippen molar-refractivity contribution in [2.45, 2.75) is 13.1 Å². The van der Waals surface area contributed by atoms with Crippen LogP contribution >= 0.6 is 12.4 Å². The highest BCUT2D eigenvalue weighted by molar-refractivity contribution is 5.98. The third kappa shape index (κ3) is 4.49. The number of nitrogens with one attached hydrogen (secondary N) is 1. The first-order valence-electron chi connectivity index (χ1n) is 9.69. The minimum Gasteiger partial charge on any atom is -0.369 e. The number of anilines is 2. The number of hydrogen-bond donors (Lipinski definition) is 2. The van der Waals surface area contributed by atoms with Crippen molar-refractivity contribution in [2.75, 3.05) is 42.5 Å². The molecule has 1 saturated heterocycles. The minimum atomic E-state index is -0.563. The van der Waals surface area contributed by atoms with E-state index in [1.165, 1.54) is 17.0 Å². The Bertz CT molecular complexity index is 935. The van der Waals surface area contributed by atoms with E-state index in [0.29, 0.717) is 12.1 Å². The molecule has 0 aliphatic carbocycles. The molecule has 7 nitrogen and oxygen atoms in total. The van der Waals surface area contributed by atoms with Crippen LogP contribution in [0.5, 0.6) is 0 Å². The Kier molecular flexibility index (Phi) is 6.79. The monoisotopic (exact) mass is 433 g/mol. The molecule has 0 bridgehead atoms. The maximum Gasteiger partial charge on any atom is 0.325 e. The lowest BCUT2D eigenvalue weighted by Gasteiger charge is -2.40. The van der Waals surface area contributed by atoms with Gasteiger partial charge in [-0.1, -0.05) is 18.2 Å². The van der Waals surface area contributed by atoms with Crippen LogP contribution in [0.4, 0.5) is 20.6 Å². The molecule has 1 fully saturated rings. The van der Waals surface area contributed by atoms with Gasteiger partial charge in [0.1, 0.15) is 12.4 Å². The predicted molar refractivity (Wildman–Crippen MR) is 116 cm³/mol. The summed E-state index contributed by atoms with van der Waals surface area (Å²) in [5.74, 6) is -0.914. The lowest BCUT2D eigenvalue weighted by molar-refractivity contribution is -0.118. The Hall–Kier alpha value is -2.84. The van der Waals surface area contributed by atoms with Crippen LogP contribution in [0.25, 0.3) is 0 Å². The van der Waals surface area contributed by atoms with Gasteiger partial charge < -0.3 is 20.9 Å². The third-order valence-electron chi connectivity index (χ3n) is 5.30. The molecule has 2 aliphatic rings. The number of carbonyl (C=O) groups excluding carboxylic acids is 2. The number of piperazine rings is 1. The van der Waals surface area contributed by atoms with Gasteiger partial charge in [-0.05, 0) is 29.8 Å². The van der Waals surface area contributed by atoms with Crippen molar-refractivity contribution >= 4 is 35.7 Å². The first kappa shape index (κ1) is 21.9. The molecule has 0 saturated carbocycles. The van der Waals surface area contributed by atoms with E-state index in [1.54, 1.807) is 17.0 Å². The van der Waals surface area contributed by atoms with Crippen LogP contribution in [0.15, 0.2) is 42.5 Å². The van der Waals surface area contributed by atoms with Crippen molar-refractivity contribution in [3.05, 3.63) is 59.4 Å². The summed E-state index contributed by atoms with van der Waals surface area (Å²) < 4.78 is 13.7. The normalized spacial score (nSPS) is 16.2. The van der Waals surface area contributed by atoms with Gasteiger partial charge in [-0.25, -0.2) is 9.18 Å². The molecule has 0 spiro atoms. The topological polar surface area (TPSA) is 81.9 Å². The first-order chi connectivity index (χ1) is 14.0. The Morgan fingerprint density at radius 2 is 1.80 bits per heavy atom. The maximum absolute atomic E-state index is 13.7. The van der Waals surface area contributed by atoms with Crippen LogP contribution in [0, 0.1) is 5.82 Å². The Morgan fingerprint density at radius 1 is 1.10 bits per heavy atom. The van der Waals surface area contributed by atoms with Gasteiger partial charge in [0, 0.05) is 37.4 Å². The van der Waals surface area contributed by atoms with E-state index in [0.717, 1.165) is 43.1 Å². The number of carbonyl (C=O) groups is 2. The number of fused-ring (bicyclic) bond motifs is 1. The van der Waals surface area contributed by atoms with E-state index in [-0.39, 0.29) is 37.3 Å². The SMILES string of the molecule is Cl.NC(=O)CN1Cc2c(N3CCNCC3)cccc2N(Cc2cccc(F)c2)C1=O. The number of primary amides is 1. The number of benzene rings is 2. The zero-order valence-electron chi connectivity index (χ0n) is 16.5. The molecule has 2 aromatic rings. The van der Waals surface area contributed by atoms with Gasteiger partial charge in [-0.2, -0.15) is 0 Å². The number of hydrogen-bond acceptors (Lipinski definition) is 4. The summed E-state index contributed by atoms with van der Waals surface area (Å²) in [6.07, 6.45) is 0. The second-order valence-electron chi connectivity index (χ2n) is 7.33. The predicted octanol–water partition coefficient (Wildman–Crippen LogP) is 2.08. The number of rotatable bonds is 5. The Labute approximate surface area is 181 Å². The van der Waals surface area contributed by atoms with Crippen LogP contribution in [0.2, 0.25) is 0 Å². The van der Waals surface area contributed by atoms with E-state index in [1.807, 2.05) is 18.2 Å². The number of halogens is 2. The zero-order chi connectivity index (χ0) is 20.4. The smallest absolute Gasteiger partial charge is 0.325 e. The molecular formula is C21H25ClFN5O2. The Morgan fingerprint density at radius 3 is 2.50 bits per heavy atom. The van der Waals surface area contributed by atoms with Crippen molar-refractivity contribution < 1.29 is 14.0 Å². The van der Waals surface area contributed by atoms with Crippen molar-refractivity contribution in [1.29, 1.82) is 0 Å². The lowest BCUT2D eigenvalue weighted by atomic mass is 10.0. The fourth-order valence-electron chi connectivity index (χ4n) is 3.99. The highest BCUT2D eigenvalue weighted by Crippen LogP contribution is 2.36. The molecule has 0 unspecified atom stereocenters. The summed E-state index contributed by atoms with van der Waals surface area (Å²) >= 11 is 0. The summed E-state index contributed by atoms with van der Waals surface area (Å²) in [6.45, 7) is 3.88. The third-order valence-corrected chi connectivity index (χ3v) is 5.30. The van der Waals surface area contributed by atoms with Gasteiger partial charge in [-0.15, -0.1) is 12.4 Å². The Balaban J connectivity index is 0.00000256. The fraction of sp³-hybridized carbons (Fsp3) is 0.333. The van der Waals surface area contributed by atoms with Crippen LogP contribution in [-0.4, -0.2) is 49.6 Å². The molecule has 2 aliphatic heterocycles. The van der Waals surface area contributed by atoms with E-state index in [2.05, 4.69) is 10.2 Å². The molecule has 160 valence electrons. The molecule has 0 radical (unpaired) electrons. The second kappa shape index (κ2) is 9.32. The highest BCUT2D eigenvalue weighted by Gasteiger charge is 2.33. The largest absolute Gasteiger partial charge is 0.369 e. The average molecular weight is 434 g/mol. The second-order valence-corrected chi connectivity index (χ2v) is 7.33. The molecule has 3 amide bonds. The van der Waals surface area contributed by atoms with Crippen molar-refractivity contribution in [2.24, 2.45) is 5.73 Å². The number of nitrogens with zero attached hydrogens (tertiary/aromatic N) is 3. The molecule has 3 N–H and O–H groups in total. The number of urea groups is 1. The molecule has 30 heavy (non-hydrogen) atoms. The molecule has 4 rings (SSSR count). The summed E-state index contributed by atoms with van der Waals surface area (Å²) in [5, 5.41) is 3.34. The summed E-state index contributed by atoms with van der Waals surface area (Å²) in [7, 11) is 0. The fourth-order valence-corrected chi connectivity index (χ4v) is 3.99. The first-order valence-corrected chi connectivity index (χ1v) is 9.69. The van der Waals surface area contributed by atoms with Gasteiger partial charge in [0.05, 0.1) is 18.8 Å². The van der Waals surface area contributed by atoms with E-state index < -0.39 is 5.91 Å². The highest BCUT2D eigenvalue weighted by atomic mass is 35.5. The van der Waals surface area contributed by atoms with Gasteiger partial charge in [0.25, 0.3) is 0 Å². The van der Waals surface area contributed by atoms with Crippen molar-refractivity contribution in [3.63, 3.8) is 0 Å². The molecule has 9 heteroatoms. The molecule has 0 aromatic heterocycles. The van der Waals surface area contributed by atoms with Gasteiger partial charge in [-0.3, -0.25) is 9.69 Å². The van der Waals surface area contributed by atoms with E-state index in [9.17, 15) is 14.0 Å². The summed E-state index contributed by atoms with van der Waals surface area (Å²) in [5.41, 5.74) is 8.88. The summed E-state index contributed by atoms with van der Waals surface area (Å²) in [4.78, 5) is 30.0. The van der Waals surface area contributed by atoms with Gasteiger partial charge in [0.15, 0.2) is 0 Å². The van der Waals surface area contributed by atoms with E-state index in [4.69, 9.17) is 5.73 Å². The van der Waals surface area contributed by atoms with Crippen LogP contribution in [-0.2, 0) is 17.9 Å². The average Bonchev–Trinajstić information content (AvgIpc) is 2.71. The number of nitrogens with two attached hydrogens (primary N) is 1. The summed E-state index contributed by atoms with van der Waals surface area (Å²) in [6, 6.07) is 11.8. The standard InChI is InChI=1S/C21H24FN5O2.ClH/c22-16-4-1-3-15(11-16)12-27-19-6-2-5-18(25-9-7-24-8-10-25)17(19)13-26(21(27)29)14-20(23)28;/h1-6,11,24H,7-10,12-14H2,(H2,23,28);1H. The lowest BCUT2D eigenvalue weighted by Crippen LogP contribution is -2.50. The maximum atomic E-state index is 13.7. The number of amides is 3.